The smallest absolute Gasteiger partial charge is 0.00745 e. The SMILES string of the molecule is CC(C)CC(CC(C)C)NC1CCC(C)(C)CC1. The van der Waals surface area contributed by atoms with Crippen LogP contribution in [0.5, 0.6) is 0 Å². The van der Waals surface area contributed by atoms with Gasteiger partial charge in [-0.1, -0.05) is 41.5 Å². The number of nitrogens with one attached hydrogen (secondary N) is 1. The van der Waals surface area contributed by atoms with E-state index in [-0.39, 0.29) is 0 Å². The molecule has 0 saturated heterocycles. The lowest BCUT2D eigenvalue weighted by Crippen LogP contribution is -2.42. The zero-order valence-electron chi connectivity index (χ0n) is 13.6. The average Bonchev–Trinajstić information content (AvgIpc) is 2.19. The maximum atomic E-state index is 3.96. The summed E-state index contributed by atoms with van der Waals surface area (Å²) in [6.07, 6.45) is 8.19. The first kappa shape index (κ1) is 16.0. The van der Waals surface area contributed by atoms with E-state index in [1.807, 2.05) is 0 Å². The van der Waals surface area contributed by atoms with Crippen LogP contribution in [0.25, 0.3) is 0 Å². The Morgan fingerprint density at radius 3 is 1.78 bits per heavy atom. The molecule has 0 radical (unpaired) electrons. The summed E-state index contributed by atoms with van der Waals surface area (Å²) in [5.41, 5.74) is 0.587. The molecule has 18 heavy (non-hydrogen) atoms. The van der Waals surface area contributed by atoms with Crippen molar-refractivity contribution in [2.24, 2.45) is 17.3 Å². The van der Waals surface area contributed by atoms with Gasteiger partial charge in [0, 0.05) is 12.1 Å². The third kappa shape index (κ3) is 6.22. The minimum Gasteiger partial charge on any atom is -0.311 e. The summed E-state index contributed by atoms with van der Waals surface area (Å²) in [5, 5.41) is 3.96. The van der Waals surface area contributed by atoms with Gasteiger partial charge in [-0.15, -0.1) is 0 Å². The van der Waals surface area contributed by atoms with Gasteiger partial charge in [-0.2, -0.15) is 0 Å². The first-order valence-corrected chi connectivity index (χ1v) is 8.04. The second kappa shape index (κ2) is 6.93. The molecule has 0 aromatic heterocycles. The van der Waals surface area contributed by atoms with E-state index in [1.54, 1.807) is 0 Å². The Morgan fingerprint density at radius 2 is 1.39 bits per heavy atom. The van der Waals surface area contributed by atoms with Crippen molar-refractivity contribution in [1.29, 1.82) is 0 Å². The zero-order chi connectivity index (χ0) is 13.8. The average molecular weight is 253 g/mol. The van der Waals surface area contributed by atoms with E-state index in [4.69, 9.17) is 0 Å². The fourth-order valence-corrected chi connectivity index (χ4v) is 3.27. The fraction of sp³-hybridized carbons (Fsp3) is 1.00. The van der Waals surface area contributed by atoms with Gasteiger partial charge in [-0.25, -0.2) is 0 Å². The molecular formula is C17H35N. The van der Waals surface area contributed by atoms with Gasteiger partial charge in [0.15, 0.2) is 0 Å². The zero-order valence-corrected chi connectivity index (χ0v) is 13.6. The highest BCUT2D eigenvalue weighted by atomic mass is 15.0. The van der Waals surface area contributed by atoms with Gasteiger partial charge in [0.25, 0.3) is 0 Å². The summed E-state index contributed by atoms with van der Waals surface area (Å²) in [6.45, 7) is 14.2. The van der Waals surface area contributed by atoms with Gasteiger partial charge in [0.05, 0.1) is 0 Å². The van der Waals surface area contributed by atoms with Crippen molar-refractivity contribution in [3.05, 3.63) is 0 Å². The van der Waals surface area contributed by atoms with Crippen LogP contribution < -0.4 is 5.32 Å². The molecule has 1 fully saturated rings. The molecule has 0 bridgehead atoms. The van der Waals surface area contributed by atoms with E-state index in [2.05, 4.69) is 46.9 Å². The van der Waals surface area contributed by atoms with E-state index < -0.39 is 0 Å². The predicted molar refractivity (Wildman–Crippen MR) is 81.9 cm³/mol. The molecule has 1 saturated carbocycles. The highest BCUT2D eigenvalue weighted by Crippen LogP contribution is 2.35. The van der Waals surface area contributed by atoms with Gasteiger partial charge in [0.1, 0.15) is 0 Å². The Hall–Kier alpha value is -0.0400. The van der Waals surface area contributed by atoms with Gasteiger partial charge in [-0.3, -0.25) is 0 Å². The van der Waals surface area contributed by atoms with Crippen LogP contribution in [0.1, 0.15) is 80.1 Å². The van der Waals surface area contributed by atoms with Crippen LogP contribution in [-0.4, -0.2) is 12.1 Å². The summed E-state index contributed by atoms with van der Waals surface area (Å²) in [5.74, 6) is 1.61. The Bertz CT molecular complexity index is 210. The van der Waals surface area contributed by atoms with Crippen molar-refractivity contribution >= 4 is 0 Å². The van der Waals surface area contributed by atoms with Crippen molar-refractivity contribution in [3.8, 4) is 0 Å². The van der Waals surface area contributed by atoms with Gasteiger partial charge in [0.2, 0.25) is 0 Å². The molecule has 0 aromatic carbocycles. The van der Waals surface area contributed by atoms with E-state index in [1.165, 1.54) is 38.5 Å². The molecule has 1 N–H and O–H groups in total. The number of hydrogen-bond donors (Lipinski definition) is 1. The van der Waals surface area contributed by atoms with Crippen LogP contribution in [0.4, 0.5) is 0 Å². The van der Waals surface area contributed by atoms with Crippen LogP contribution in [0.3, 0.4) is 0 Å². The molecule has 1 rings (SSSR count). The highest BCUT2D eigenvalue weighted by molar-refractivity contribution is 4.84. The Morgan fingerprint density at radius 1 is 0.944 bits per heavy atom. The van der Waals surface area contributed by atoms with Crippen molar-refractivity contribution in [1.82, 2.24) is 5.32 Å². The minimum atomic E-state index is 0.587. The quantitative estimate of drug-likeness (QED) is 0.702. The van der Waals surface area contributed by atoms with E-state index in [9.17, 15) is 0 Å². The number of rotatable bonds is 6. The van der Waals surface area contributed by atoms with E-state index in [0.717, 1.165) is 23.9 Å². The molecule has 0 heterocycles. The lowest BCUT2D eigenvalue weighted by atomic mass is 9.75. The van der Waals surface area contributed by atoms with Crippen LogP contribution in [0.2, 0.25) is 0 Å². The van der Waals surface area contributed by atoms with Crippen molar-refractivity contribution in [2.45, 2.75) is 92.2 Å². The molecule has 1 heteroatoms. The van der Waals surface area contributed by atoms with Crippen LogP contribution in [0, 0.1) is 17.3 Å². The van der Waals surface area contributed by atoms with Crippen molar-refractivity contribution in [2.75, 3.05) is 0 Å². The first-order valence-electron chi connectivity index (χ1n) is 8.04. The molecule has 0 atom stereocenters. The third-order valence-corrected chi connectivity index (χ3v) is 4.32. The molecule has 1 aliphatic carbocycles. The molecule has 0 unspecified atom stereocenters. The Labute approximate surface area is 115 Å². The topological polar surface area (TPSA) is 12.0 Å². The Balaban J connectivity index is 2.40. The van der Waals surface area contributed by atoms with Crippen LogP contribution in [-0.2, 0) is 0 Å². The molecule has 0 spiro atoms. The van der Waals surface area contributed by atoms with E-state index >= 15 is 0 Å². The lowest BCUT2D eigenvalue weighted by Gasteiger charge is -2.37. The highest BCUT2D eigenvalue weighted by Gasteiger charge is 2.28. The second-order valence-electron chi connectivity index (χ2n) is 8.06. The van der Waals surface area contributed by atoms with Crippen molar-refractivity contribution < 1.29 is 0 Å². The van der Waals surface area contributed by atoms with Gasteiger partial charge >= 0.3 is 0 Å². The Kier molecular flexibility index (Phi) is 6.17. The standard InChI is InChI=1S/C17H35N/c1-13(2)11-16(12-14(3)4)18-15-7-9-17(5,6)10-8-15/h13-16,18H,7-12H2,1-6H3. The summed E-state index contributed by atoms with van der Waals surface area (Å²) >= 11 is 0. The maximum Gasteiger partial charge on any atom is 0.00745 e. The molecule has 1 nitrogen and oxygen atoms in total. The summed E-state index contributed by atoms with van der Waals surface area (Å²) in [7, 11) is 0. The van der Waals surface area contributed by atoms with Crippen molar-refractivity contribution in [3.63, 3.8) is 0 Å². The largest absolute Gasteiger partial charge is 0.311 e. The normalized spacial score (nSPS) is 21.2. The molecule has 0 aromatic rings. The first-order chi connectivity index (χ1) is 8.28. The maximum absolute atomic E-state index is 3.96. The summed E-state index contributed by atoms with van der Waals surface area (Å²) in [6, 6.07) is 1.51. The second-order valence-corrected chi connectivity index (χ2v) is 8.06. The third-order valence-electron chi connectivity index (χ3n) is 4.32. The predicted octanol–water partition coefficient (Wildman–Crippen LogP) is 5.01. The monoisotopic (exact) mass is 253 g/mol. The molecule has 0 aliphatic heterocycles. The van der Waals surface area contributed by atoms with Gasteiger partial charge < -0.3 is 5.32 Å². The summed E-state index contributed by atoms with van der Waals surface area (Å²) in [4.78, 5) is 0. The summed E-state index contributed by atoms with van der Waals surface area (Å²) < 4.78 is 0. The van der Waals surface area contributed by atoms with Crippen LogP contribution in [0.15, 0.2) is 0 Å². The fourth-order valence-electron chi connectivity index (χ4n) is 3.27. The molecule has 0 amide bonds. The lowest BCUT2D eigenvalue weighted by molar-refractivity contribution is 0.188. The molecular weight excluding hydrogens is 218 g/mol. The van der Waals surface area contributed by atoms with E-state index in [0.29, 0.717) is 5.41 Å². The minimum absolute atomic E-state index is 0.587. The van der Waals surface area contributed by atoms with Gasteiger partial charge in [-0.05, 0) is 55.8 Å². The van der Waals surface area contributed by atoms with Crippen LogP contribution >= 0.6 is 0 Å². The number of hydrogen-bond acceptors (Lipinski definition) is 1. The molecule has 108 valence electrons. The molecule has 1 aliphatic rings.